The molecule has 7 heteroatoms. The van der Waals surface area contributed by atoms with Gasteiger partial charge in [-0.1, -0.05) is 23.5 Å². The van der Waals surface area contributed by atoms with Gasteiger partial charge >= 0.3 is 0 Å². The molecular formula is C19H14FN3OS2. The second kappa shape index (κ2) is 6.93. The Balaban J connectivity index is 1.46. The second-order valence-corrected chi connectivity index (χ2v) is 7.71. The standard InChI is InChI=1S/C19H14FN3OS2/c1-11-3-2-4-15-17(11)23-19(26-15)22-16(24)9-14-10-25-18(21-14)12-5-7-13(20)8-6-12/h2-8,10H,9H2,1H3,(H,22,23,24). The van der Waals surface area contributed by atoms with Crippen molar-refractivity contribution in [2.75, 3.05) is 5.32 Å². The summed E-state index contributed by atoms with van der Waals surface area (Å²) in [5, 5.41) is 6.05. The molecular weight excluding hydrogens is 369 g/mol. The van der Waals surface area contributed by atoms with Crippen LogP contribution in [0.15, 0.2) is 47.8 Å². The van der Waals surface area contributed by atoms with E-state index in [0.717, 1.165) is 26.4 Å². The summed E-state index contributed by atoms with van der Waals surface area (Å²) in [7, 11) is 0. The summed E-state index contributed by atoms with van der Waals surface area (Å²) < 4.78 is 14.1. The molecule has 2 heterocycles. The van der Waals surface area contributed by atoms with Crippen molar-refractivity contribution in [2.45, 2.75) is 13.3 Å². The molecule has 130 valence electrons. The SMILES string of the molecule is Cc1cccc2sc(NC(=O)Cc3csc(-c4ccc(F)cc4)n3)nc12. The number of fused-ring (bicyclic) bond motifs is 1. The number of aromatic nitrogens is 2. The first kappa shape index (κ1) is 16.8. The Morgan fingerprint density at radius 1 is 1.15 bits per heavy atom. The fraction of sp³-hybridized carbons (Fsp3) is 0.105. The van der Waals surface area contributed by atoms with E-state index in [0.29, 0.717) is 10.8 Å². The summed E-state index contributed by atoms with van der Waals surface area (Å²) in [5.74, 6) is -0.436. The number of nitrogens with zero attached hydrogens (tertiary/aromatic N) is 2. The number of rotatable bonds is 4. The second-order valence-electron chi connectivity index (χ2n) is 5.82. The highest BCUT2D eigenvalue weighted by Gasteiger charge is 2.12. The molecule has 0 radical (unpaired) electrons. The van der Waals surface area contributed by atoms with Crippen LogP contribution in [0.25, 0.3) is 20.8 Å². The molecule has 0 unspecified atom stereocenters. The zero-order chi connectivity index (χ0) is 18.1. The van der Waals surface area contributed by atoms with Crippen LogP contribution in [0.3, 0.4) is 0 Å². The van der Waals surface area contributed by atoms with Crippen molar-refractivity contribution < 1.29 is 9.18 Å². The molecule has 2 aromatic carbocycles. The van der Waals surface area contributed by atoms with Gasteiger partial charge in [-0.05, 0) is 42.8 Å². The maximum atomic E-state index is 13.0. The quantitative estimate of drug-likeness (QED) is 0.537. The van der Waals surface area contributed by atoms with E-state index < -0.39 is 0 Å². The van der Waals surface area contributed by atoms with Crippen molar-refractivity contribution in [1.29, 1.82) is 0 Å². The predicted molar refractivity (Wildman–Crippen MR) is 104 cm³/mol. The Bertz CT molecular complexity index is 1090. The molecule has 0 atom stereocenters. The molecule has 0 spiro atoms. The smallest absolute Gasteiger partial charge is 0.232 e. The normalized spacial score (nSPS) is 11.0. The van der Waals surface area contributed by atoms with Crippen LogP contribution in [0, 0.1) is 12.7 Å². The summed E-state index contributed by atoms with van der Waals surface area (Å²) in [4.78, 5) is 21.3. The van der Waals surface area contributed by atoms with Crippen molar-refractivity contribution in [3.05, 3.63) is 64.9 Å². The zero-order valence-corrected chi connectivity index (χ0v) is 15.5. The monoisotopic (exact) mass is 383 g/mol. The van der Waals surface area contributed by atoms with Crippen LogP contribution in [0.1, 0.15) is 11.3 Å². The van der Waals surface area contributed by atoms with E-state index in [1.54, 1.807) is 12.1 Å². The Morgan fingerprint density at radius 2 is 1.96 bits per heavy atom. The third-order valence-corrected chi connectivity index (χ3v) is 5.73. The predicted octanol–water partition coefficient (Wildman–Crippen LogP) is 5.05. The molecule has 1 N–H and O–H groups in total. The number of carbonyl (C=O) groups excluding carboxylic acids is 1. The Kier molecular flexibility index (Phi) is 4.48. The number of carbonyl (C=O) groups is 1. The van der Waals surface area contributed by atoms with E-state index in [9.17, 15) is 9.18 Å². The Hall–Kier alpha value is -2.64. The largest absolute Gasteiger partial charge is 0.302 e. The van der Waals surface area contributed by atoms with Gasteiger partial charge in [0.05, 0.1) is 22.3 Å². The maximum Gasteiger partial charge on any atom is 0.232 e. The number of amides is 1. The van der Waals surface area contributed by atoms with Crippen LogP contribution < -0.4 is 5.32 Å². The van der Waals surface area contributed by atoms with Crippen molar-refractivity contribution in [1.82, 2.24) is 9.97 Å². The molecule has 4 nitrogen and oxygen atoms in total. The molecule has 0 bridgehead atoms. The number of halogens is 1. The molecule has 4 aromatic rings. The van der Waals surface area contributed by atoms with Gasteiger partial charge in [-0.3, -0.25) is 4.79 Å². The highest BCUT2D eigenvalue weighted by atomic mass is 32.1. The van der Waals surface area contributed by atoms with E-state index in [4.69, 9.17) is 0 Å². The summed E-state index contributed by atoms with van der Waals surface area (Å²) in [6, 6.07) is 12.1. The summed E-state index contributed by atoms with van der Waals surface area (Å²) in [6.45, 7) is 2.00. The van der Waals surface area contributed by atoms with E-state index in [-0.39, 0.29) is 18.1 Å². The molecule has 0 aliphatic rings. The van der Waals surface area contributed by atoms with Gasteiger partial charge in [-0.15, -0.1) is 11.3 Å². The summed E-state index contributed by atoms with van der Waals surface area (Å²) >= 11 is 2.89. The lowest BCUT2D eigenvalue weighted by molar-refractivity contribution is -0.115. The Labute approximate surface area is 157 Å². The van der Waals surface area contributed by atoms with E-state index in [2.05, 4.69) is 15.3 Å². The van der Waals surface area contributed by atoms with Crippen LogP contribution in [0.4, 0.5) is 9.52 Å². The minimum absolute atomic E-state index is 0.155. The third-order valence-electron chi connectivity index (χ3n) is 3.85. The molecule has 0 saturated carbocycles. The van der Waals surface area contributed by atoms with Crippen LogP contribution in [0.5, 0.6) is 0 Å². The molecule has 1 amide bonds. The van der Waals surface area contributed by atoms with Crippen LogP contribution in [-0.4, -0.2) is 15.9 Å². The van der Waals surface area contributed by atoms with Gasteiger partial charge in [0.2, 0.25) is 5.91 Å². The summed E-state index contributed by atoms with van der Waals surface area (Å²) in [5.41, 5.74) is 3.52. The van der Waals surface area contributed by atoms with Crippen molar-refractivity contribution in [2.24, 2.45) is 0 Å². The first-order valence-electron chi connectivity index (χ1n) is 7.95. The van der Waals surface area contributed by atoms with Gasteiger partial charge in [0.15, 0.2) is 5.13 Å². The van der Waals surface area contributed by atoms with Crippen LogP contribution >= 0.6 is 22.7 Å². The third kappa shape index (κ3) is 3.49. The number of thiazole rings is 2. The molecule has 0 aliphatic heterocycles. The maximum absolute atomic E-state index is 13.0. The lowest BCUT2D eigenvalue weighted by Crippen LogP contribution is -2.14. The van der Waals surface area contributed by atoms with Crippen molar-refractivity contribution in [3.8, 4) is 10.6 Å². The van der Waals surface area contributed by atoms with Crippen LogP contribution in [0.2, 0.25) is 0 Å². The molecule has 26 heavy (non-hydrogen) atoms. The highest BCUT2D eigenvalue weighted by molar-refractivity contribution is 7.22. The minimum atomic E-state index is -0.282. The van der Waals surface area contributed by atoms with Crippen molar-refractivity contribution in [3.63, 3.8) is 0 Å². The van der Waals surface area contributed by atoms with Gasteiger partial charge in [0.25, 0.3) is 0 Å². The van der Waals surface area contributed by atoms with Crippen LogP contribution in [-0.2, 0) is 11.2 Å². The van der Waals surface area contributed by atoms with Gasteiger partial charge in [-0.25, -0.2) is 14.4 Å². The number of nitrogens with one attached hydrogen (secondary N) is 1. The van der Waals surface area contributed by atoms with E-state index in [1.165, 1.54) is 34.8 Å². The Morgan fingerprint density at radius 3 is 2.73 bits per heavy atom. The number of benzene rings is 2. The molecule has 4 rings (SSSR count). The topological polar surface area (TPSA) is 54.9 Å². The fourth-order valence-electron chi connectivity index (χ4n) is 2.58. The number of anilines is 1. The van der Waals surface area contributed by atoms with Crippen molar-refractivity contribution >= 4 is 43.9 Å². The van der Waals surface area contributed by atoms with Gasteiger partial charge in [-0.2, -0.15) is 0 Å². The first-order chi connectivity index (χ1) is 12.6. The zero-order valence-electron chi connectivity index (χ0n) is 13.8. The summed E-state index contributed by atoms with van der Waals surface area (Å²) in [6.07, 6.45) is 0.173. The van der Waals surface area contributed by atoms with E-state index in [1.807, 2.05) is 30.5 Å². The van der Waals surface area contributed by atoms with Gasteiger partial charge in [0.1, 0.15) is 10.8 Å². The number of para-hydroxylation sites is 1. The molecule has 0 aliphatic carbocycles. The minimum Gasteiger partial charge on any atom is -0.302 e. The molecule has 0 fully saturated rings. The lowest BCUT2D eigenvalue weighted by atomic mass is 10.2. The average Bonchev–Trinajstić information content (AvgIpc) is 3.23. The number of hydrogen-bond acceptors (Lipinski definition) is 5. The van der Waals surface area contributed by atoms with E-state index >= 15 is 0 Å². The number of aryl methyl sites for hydroxylation is 1. The fourth-order valence-corrected chi connectivity index (χ4v) is 4.37. The molecule has 2 aromatic heterocycles. The number of hydrogen-bond donors (Lipinski definition) is 1. The average molecular weight is 383 g/mol. The first-order valence-corrected chi connectivity index (χ1v) is 9.64. The van der Waals surface area contributed by atoms with Gasteiger partial charge in [0, 0.05) is 10.9 Å². The highest BCUT2D eigenvalue weighted by Crippen LogP contribution is 2.28. The lowest BCUT2D eigenvalue weighted by Gasteiger charge is -1.99. The van der Waals surface area contributed by atoms with Gasteiger partial charge < -0.3 is 5.32 Å². The molecule has 0 saturated heterocycles.